The first-order valence-corrected chi connectivity index (χ1v) is 10.5. The van der Waals surface area contributed by atoms with Gasteiger partial charge in [-0.05, 0) is 48.9 Å². The first-order valence-electron chi connectivity index (χ1n) is 10.5. The quantitative estimate of drug-likeness (QED) is 0.634. The number of likely N-dealkylation sites (tertiary alicyclic amines) is 1. The number of nitrogens with one attached hydrogen (secondary N) is 1. The molecular weight excluding hydrogens is 372 g/mol. The molecule has 4 rings (SSSR count). The minimum Gasteiger partial charge on any atom is -0.380 e. The van der Waals surface area contributed by atoms with E-state index in [0.717, 1.165) is 35.2 Å². The number of aryl methyl sites for hydroxylation is 1. The molecule has 0 aliphatic carbocycles. The van der Waals surface area contributed by atoms with Crippen LogP contribution in [0.1, 0.15) is 29.5 Å². The monoisotopic (exact) mass is 400 g/mol. The maximum absolute atomic E-state index is 12.7. The minimum absolute atomic E-state index is 0.0331. The van der Waals surface area contributed by atoms with Crippen molar-refractivity contribution >= 4 is 11.7 Å². The predicted octanol–water partition coefficient (Wildman–Crippen LogP) is 5.18. The van der Waals surface area contributed by atoms with E-state index >= 15 is 0 Å². The van der Waals surface area contributed by atoms with Crippen LogP contribution in [0.2, 0.25) is 0 Å². The largest absolute Gasteiger partial charge is 0.380 e. The lowest BCUT2D eigenvalue weighted by atomic mass is 9.72. The van der Waals surface area contributed by atoms with Crippen LogP contribution in [0.5, 0.6) is 0 Å². The summed E-state index contributed by atoms with van der Waals surface area (Å²) in [4.78, 5) is 14.5. The molecule has 2 N–H and O–H groups in total. The van der Waals surface area contributed by atoms with E-state index in [2.05, 4.69) is 5.32 Å². The fourth-order valence-corrected chi connectivity index (χ4v) is 4.36. The van der Waals surface area contributed by atoms with E-state index < -0.39 is 5.60 Å². The molecule has 3 aromatic carbocycles. The number of hydrogen-bond donors (Lipinski definition) is 2. The zero-order valence-electron chi connectivity index (χ0n) is 17.3. The molecule has 30 heavy (non-hydrogen) atoms. The summed E-state index contributed by atoms with van der Waals surface area (Å²) < 4.78 is 0. The number of carbonyl (C=O) groups is 1. The second kappa shape index (κ2) is 8.72. The second-order valence-corrected chi connectivity index (χ2v) is 8.06. The van der Waals surface area contributed by atoms with Crippen LogP contribution >= 0.6 is 0 Å². The van der Waals surface area contributed by atoms with Gasteiger partial charge in [-0.1, -0.05) is 78.4 Å². The highest BCUT2D eigenvalue weighted by Gasteiger charge is 2.42. The maximum atomic E-state index is 12.7. The van der Waals surface area contributed by atoms with Gasteiger partial charge < -0.3 is 15.3 Å². The Labute approximate surface area is 178 Å². The van der Waals surface area contributed by atoms with Crippen LogP contribution < -0.4 is 5.32 Å². The molecule has 0 saturated carbocycles. The van der Waals surface area contributed by atoms with Gasteiger partial charge in [-0.2, -0.15) is 0 Å². The zero-order valence-corrected chi connectivity index (χ0v) is 17.3. The van der Waals surface area contributed by atoms with Crippen molar-refractivity contribution in [1.82, 2.24) is 4.90 Å². The summed E-state index contributed by atoms with van der Waals surface area (Å²) in [5.41, 5.74) is 2.70. The Balaban J connectivity index is 1.49. The number of rotatable bonds is 4. The lowest BCUT2D eigenvalue weighted by Crippen LogP contribution is -2.47. The van der Waals surface area contributed by atoms with Crippen LogP contribution in [0.4, 0.5) is 10.5 Å². The third-order valence-corrected chi connectivity index (χ3v) is 6.10. The normalized spacial score (nSPS) is 15.1. The van der Waals surface area contributed by atoms with E-state index in [0.29, 0.717) is 13.1 Å². The Morgan fingerprint density at radius 1 is 0.867 bits per heavy atom. The van der Waals surface area contributed by atoms with Gasteiger partial charge in [0.1, 0.15) is 5.60 Å². The summed E-state index contributed by atoms with van der Waals surface area (Å²) in [6, 6.07) is 27.5. The molecule has 4 nitrogen and oxygen atoms in total. The van der Waals surface area contributed by atoms with Crippen LogP contribution in [0.3, 0.4) is 0 Å². The van der Waals surface area contributed by atoms with Gasteiger partial charge in [0, 0.05) is 18.8 Å². The molecule has 2 amide bonds. The fraction of sp³-hybridized carbons (Fsp3) is 0.269. The van der Waals surface area contributed by atoms with Gasteiger partial charge in [-0.3, -0.25) is 0 Å². The molecule has 0 aromatic heterocycles. The number of benzene rings is 3. The summed E-state index contributed by atoms with van der Waals surface area (Å²) in [5.74, 6) is 0.0331. The van der Waals surface area contributed by atoms with Crippen molar-refractivity contribution in [3.8, 4) is 0 Å². The zero-order chi connectivity index (χ0) is 21.0. The summed E-state index contributed by atoms with van der Waals surface area (Å²) in [6.07, 6.45) is 1.48. The van der Waals surface area contributed by atoms with Gasteiger partial charge in [-0.25, -0.2) is 4.79 Å². The molecule has 1 aliphatic rings. The minimum atomic E-state index is -1.07. The van der Waals surface area contributed by atoms with E-state index in [9.17, 15) is 9.90 Å². The molecule has 0 radical (unpaired) electrons. The lowest BCUT2D eigenvalue weighted by Gasteiger charge is -2.42. The summed E-state index contributed by atoms with van der Waals surface area (Å²) in [5, 5.41) is 14.9. The topological polar surface area (TPSA) is 52.6 Å². The number of carbonyl (C=O) groups excluding carboxylic acids is 1. The van der Waals surface area contributed by atoms with Crippen molar-refractivity contribution in [3.63, 3.8) is 0 Å². The molecule has 1 saturated heterocycles. The Morgan fingerprint density at radius 2 is 1.37 bits per heavy atom. The van der Waals surface area contributed by atoms with Crippen molar-refractivity contribution in [2.45, 2.75) is 25.4 Å². The van der Waals surface area contributed by atoms with E-state index in [4.69, 9.17) is 0 Å². The number of amides is 2. The number of aliphatic hydroxyl groups is 1. The molecule has 154 valence electrons. The average molecular weight is 401 g/mol. The standard InChI is InChI=1S/C26H28N2O2/c1-20-12-14-24(15-13-20)27-25(29)28-18-16-23(17-19-28)26(30,21-8-4-2-5-9-21)22-10-6-3-7-11-22/h2-15,23,30H,16-19H2,1H3,(H,27,29). The van der Waals surface area contributed by atoms with E-state index in [1.54, 1.807) is 0 Å². The summed E-state index contributed by atoms with van der Waals surface area (Å²) in [6.45, 7) is 3.26. The lowest BCUT2D eigenvalue weighted by molar-refractivity contribution is -0.00860. The molecule has 0 unspecified atom stereocenters. The van der Waals surface area contributed by atoms with Gasteiger partial charge in [-0.15, -0.1) is 0 Å². The number of hydrogen-bond acceptors (Lipinski definition) is 2. The maximum Gasteiger partial charge on any atom is 0.321 e. The highest BCUT2D eigenvalue weighted by molar-refractivity contribution is 5.89. The van der Waals surface area contributed by atoms with E-state index in [-0.39, 0.29) is 11.9 Å². The molecule has 0 bridgehead atoms. The van der Waals surface area contributed by atoms with E-state index in [1.165, 1.54) is 0 Å². The van der Waals surface area contributed by atoms with Crippen molar-refractivity contribution in [2.75, 3.05) is 18.4 Å². The Bertz CT molecular complexity index is 923. The van der Waals surface area contributed by atoms with Crippen LogP contribution in [-0.2, 0) is 5.60 Å². The number of piperidine rings is 1. The fourth-order valence-electron chi connectivity index (χ4n) is 4.36. The van der Waals surface area contributed by atoms with Crippen LogP contribution in [-0.4, -0.2) is 29.1 Å². The number of anilines is 1. The smallest absolute Gasteiger partial charge is 0.321 e. The molecular formula is C26H28N2O2. The van der Waals surface area contributed by atoms with Crippen molar-refractivity contribution in [2.24, 2.45) is 5.92 Å². The molecule has 4 heteroatoms. The number of nitrogens with zero attached hydrogens (tertiary/aromatic N) is 1. The molecule has 0 atom stereocenters. The predicted molar refractivity (Wildman–Crippen MR) is 120 cm³/mol. The van der Waals surface area contributed by atoms with Crippen molar-refractivity contribution in [3.05, 3.63) is 102 Å². The van der Waals surface area contributed by atoms with Gasteiger partial charge in [0.25, 0.3) is 0 Å². The van der Waals surface area contributed by atoms with Crippen LogP contribution in [0, 0.1) is 12.8 Å². The van der Waals surface area contributed by atoms with Gasteiger partial charge in [0.05, 0.1) is 0 Å². The third-order valence-electron chi connectivity index (χ3n) is 6.10. The first-order chi connectivity index (χ1) is 14.6. The molecule has 0 spiro atoms. The second-order valence-electron chi connectivity index (χ2n) is 8.06. The third kappa shape index (κ3) is 4.10. The van der Waals surface area contributed by atoms with Gasteiger partial charge in [0.15, 0.2) is 0 Å². The van der Waals surface area contributed by atoms with Crippen LogP contribution in [0.25, 0.3) is 0 Å². The van der Waals surface area contributed by atoms with Gasteiger partial charge >= 0.3 is 6.03 Å². The SMILES string of the molecule is Cc1ccc(NC(=O)N2CCC(C(O)(c3ccccc3)c3ccccc3)CC2)cc1. The highest BCUT2D eigenvalue weighted by atomic mass is 16.3. The summed E-state index contributed by atoms with van der Waals surface area (Å²) >= 11 is 0. The molecule has 1 aliphatic heterocycles. The first kappa shape index (κ1) is 20.2. The Kier molecular flexibility index (Phi) is 5.86. The van der Waals surface area contributed by atoms with Crippen molar-refractivity contribution in [1.29, 1.82) is 0 Å². The molecule has 1 heterocycles. The Morgan fingerprint density at radius 3 is 1.87 bits per heavy atom. The molecule has 1 fully saturated rings. The molecule has 3 aromatic rings. The average Bonchev–Trinajstić information content (AvgIpc) is 2.81. The number of urea groups is 1. The summed E-state index contributed by atoms with van der Waals surface area (Å²) in [7, 11) is 0. The van der Waals surface area contributed by atoms with Gasteiger partial charge in [0.2, 0.25) is 0 Å². The van der Waals surface area contributed by atoms with Crippen LogP contribution in [0.15, 0.2) is 84.9 Å². The Hall–Kier alpha value is -3.11. The van der Waals surface area contributed by atoms with E-state index in [1.807, 2.05) is 96.8 Å². The highest BCUT2D eigenvalue weighted by Crippen LogP contribution is 2.41. The van der Waals surface area contributed by atoms with Crippen molar-refractivity contribution < 1.29 is 9.90 Å².